The summed E-state index contributed by atoms with van der Waals surface area (Å²) in [7, 11) is 8.79. The molecule has 0 saturated carbocycles. The molecule has 1 N–H and O–H groups in total. The van der Waals surface area contributed by atoms with Crippen LogP contribution in [0.2, 0.25) is 0 Å². The highest BCUT2D eigenvalue weighted by Crippen LogP contribution is 2.26. The highest BCUT2D eigenvalue weighted by molar-refractivity contribution is 7.99. The molecule has 9 aliphatic heterocycles. The molecule has 0 radical (unpaired) electrons. The van der Waals surface area contributed by atoms with E-state index >= 15 is 0 Å². The molecule has 26 nitrogen and oxygen atoms in total. The van der Waals surface area contributed by atoms with E-state index in [1.54, 1.807) is 96.3 Å². The van der Waals surface area contributed by atoms with Gasteiger partial charge in [0.15, 0.2) is 57.8 Å². The van der Waals surface area contributed by atoms with Crippen LogP contribution in [0.1, 0.15) is 204 Å². The molecule has 9 aliphatic rings. The number of carbonyl (C=O) groups excluding carboxylic acids is 10. The van der Waals surface area contributed by atoms with Crippen molar-refractivity contribution in [2.75, 3.05) is 281 Å². The van der Waals surface area contributed by atoms with E-state index in [1.807, 2.05) is 246 Å². The molecule has 0 aromatic carbocycles. The topological polar surface area (TPSA) is 267 Å². The molecule has 9 rings (SSSR count). The molecule has 862 valence electrons. The number of carbonyl (C=O) groups is 10. The zero-order chi connectivity index (χ0) is 113. The summed E-state index contributed by atoms with van der Waals surface area (Å²) >= 11 is 7.86. The number of likely N-dealkylation sites (tertiary alicyclic amines) is 7. The highest BCUT2D eigenvalue weighted by atomic mass is 32.2. The standard InChI is InChI=1S/3C13H23NO2.C13H23NOS.C12H21NO2.C12H21NOS.2C11H19NO2.C11H19NOS.C11H21NOS/c1-11(2)13(15)7-5-9-14-8-4-6-12(10-14)16-3;1-11(2)13(15)5-4-8-14-9-6-12(16-3)7-10-14;1-11(2)13(15)5-4-7-14-8-6-12(9-14)10-16-3;1-11(2)13(15)5-4-8-14-9-6-12(16-3)7-10-14;1-10(2)11(14)6-5-7-13-8-12(3,9-13)15-4;1-10(2)12(14)5-4-7-13-8-6-11(9-13)15-3;1-9(2)11(13)5-4-6-12-7-10(8-12)14-3;2*1-10(2)11(13)4-3-5-12-6-8-14-9-7-12;1-4-14-9-8-12-7-5-6-11(13)10(2)3/h5,7,11-12H,4,6,8-10H2,1-3H3;3*4-5,11-12H,6-10H2,1-3H3;5-6,10H,7-9H2,1-4H3;4-5,10-11H,6-9H2,1-3H3;4-5,9-10H,6-8H2,1-3H3;2*3-4,10H,5-9H2,1-2H3;5-6,10,12H,4,7-9H2,1-3H3/b7-5+;3*5-4+;6-5+;2*5-4+;2*4-3+;6-5+/t;;12-;;;;;;;/m..0......./s1. The van der Waals surface area contributed by atoms with Crippen molar-refractivity contribution in [3.63, 3.8) is 0 Å². The van der Waals surface area contributed by atoms with E-state index in [2.05, 4.69) is 75.8 Å². The van der Waals surface area contributed by atoms with Crippen molar-refractivity contribution in [3.05, 3.63) is 122 Å². The number of thioether (sulfide) groups is 4. The van der Waals surface area contributed by atoms with Gasteiger partial charge in [-0.15, -0.1) is 0 Å². The SMILES string of the molecule is CC(C)C(=O)/C=C/CN1CCOCC1.CC(C)C(=O)/C=C/CN1CCSCC1.CCSCCNC/C=C/C(=O)C(C)C.COC1(C)CN(C/C=C/C(=O)C(C)C)C1.COC1CCCN(C/C=C/C(=O)C(C)C)C1.COC1CCN(C/C=C/C(=O)C(C)C)CC1.COC1CN(C/C=C/C(=O)C(C)C)C1.COC[C@H]1CCN(C/C=C/C(=O)C(C)C)C1.CSC1CCN(C/C=C/C(=O)C(C)C)C1.CSC1CCN(C/C=C/C(=O)C(C)C)CC1. The number of methoxy groups -OCH3 is 5. The Labute approximate surface area is 929 Å². The molecule has 150 heavy (non-hydrogen) atoms. The summed E-state index contributed by atoms with van der Waals surface area (Å²) < 4.78 is 31.5. The minimum atomic E-state index is 0.0237. The van der Waals surface area contributed by atoms with Gasteiger partial charge in [0.2, 0.25) is 0 Å². The van der Waals surface area contributed by atoms with Gasteiger partial charge in [-0.25, -0.2) is 0 Å². The summed E-state index contributed by atoms with van der Waals surface area (Å²) in [6.45, 7) is 74.3. The average molecular weight is 2180 g/mol. The maximum atomic E-state index is 11.4. The lowest BCUT2D eigenvalue weighted by atomic mass is 9.96. The number of ether oxygens (including phenoxy) is 6. The molecule has 9 saturated heterocycles. The van der Waals surface area contributed by atoms with Gasteiger partial charge in [-0.1, -0.05) is 206 Å². The Morgan fingerprint density at radius 1 is 0.340 bits per heavy atom. The van der Waals surface area contributed by atoms with Gasteiger partial charge in [-0.2, -0.15) is 47.0 Å². The van der Waals surface area contributed by atoms with Crippen molar-refractivity contribution in [2.45, 2.75) is 238 Å². The number of ketones is 10. The van der Waals surface area contributed by atoms with Crippen LogP contribution < -0.4 is 5.32 Å². The predicted octanol–water partition coefficient (Wildman–Crippen LogP) is 17.9. The Bertz CT molecular complexity index is 3780. The average Bonchev–Trinajstić information content (AvgIpc) is 0.890. The first kappa shape index (κ1) is 145. The Kier molecular flexibility index (Phi) is 86.7. The summed E-state index contributed by atoms with van der Waals surface area (Å²) in [5, 5.41) is 4.89. The van der Waals surface area contributed by atoms with E-state index in [0.29, 0.717) is 24.2 Å². The quantitative estimate of drug-likeness (QED) is 0.0438. The maximum Gasteiger partial charge on any atom is 0.157 e. The van der Waals surface area contributed by atoms with Crippen molar-refractivity contribution in [2.24, 2.45) is 65.1 Å². The van der Waals surface area contributed by atoms with Crippen LogP contribution in [-0.4, -0.2) is 417 Å². The van der Waals surface area contributed by atoms with Crippen LogP contribution in [0.5, 0.6) is 0 Å². The zero-order valence-corrected chi connectivity index (χ0v) is 102. The summed E-state index contributed by atoms with van der Waals surface area (Å²) in [5.41, 5.74) is 0.0237. The van der Waals surface area contributed by atoms with Crippen LogP contribution in [0, 0.1) is 65.1 Å². The molecule has 0 amide bonds. The van der Waals surface area contributed by atoms with E-state index in [0.717, 1.165) is 219 Å². The highest BCUT2D eigenvalue weighted by Gasteiger charge is 2.38. The molecule has 0 aromatic heterocycles. The summed E-state index contributed by atoms with van der Waals surface area (Å²) in [6, 6.07) is 0. The number of morpholine rings is 1. The molecule has 3 atom stereocenters. The van der Waals surface area contributed by atoms with Crippen LogP contribution in [0.4, 0.5) is 0 Å². The lowest BCUT2D eigenvalue weighted by molar-refractivity contribution is -0.118. The minimum absolute atomic E-state index is 0.0237. The molecule has 0 aliphatic carbocycles. The number of nitrogens with one attached hydrogen (secondary N) is 1. The first-order valence-electron chi connectivity index (χ1n) is 56.0. The summed E-state index contributed by atoms with van der Waals surface area (Å²) in [5.74, 6) is 8.70. The van der Waals surface area contributed by atoms with Crippen molar-refractivity contribution in [1.29, 1.82) is 0 Å². The van der Waals surface area contributed by atoms with Crippen LogP contribution in [-0.2, 0) is 76.4 Å². The van der Waals surface area contributed by atoms with Crippen LogP contribution in [0.3, 0.4) is 0 Å². The monoisotopic (exact) mass is 2180 g/mol. The number of hydrogen-bond donors (Lipinski definition) is 1. The molecular formula is C120H212N10O16S4. The van der Waals surface area contributed by atoms with E-state index in [4.69, 9.17) is 28.4 Å². The number of allylic oxidation sites excluding steroid dienone is 10. The van der Waals surface area contributed by atoms with Gasteiger partial charge in [0.1, 0.15) is 0 Å². The molecular weight excluding hydrogens is 1970 g/mol. The molecule has 30 heteroatoms. The number of piperidine rings is 3. The first-order valence-corrected chi connectivity index (χ1v) is 60.9. The zero-order valence-electron chi connectivity index (χ0n) is 99.1. The van der Waals surface area contributed by atoms with Crippen molar-refractivity contribution >= 4 is 105 Å². The molecule has 9 heterocycles. The second kappa shape index (κ2) is 89.8. The summed E-state index contributed by atoms with van der Waals surface area (Å²) in [6.07, 6.45) is 51.9. The third-order valence-electron chi connectivity index (χ3n) is 26.6. The van der Waals surface area contributed by atoms with Gasteiger partial charge in [-0.3, -0.25) is 92.0 Å². The van der Waals surface area contributed by atoms with Gasteiger partial charge in [-0.05, 0) is 176 Å². The Morgan fingerprint density at radius 2 is 0.640 bits per heavy atom. The Morgan fingerprint density at radius 3 is 0.980 bits per heavy atom. The predicted molar refractivity (Wildman–Crippen MR) is 637 cm³/mol. The number of rotatable bonds is 52. The summed E-state index contributed by atoms with van der Waals surface area (Å²) in [4.78, 5) is 134. The second-order valence-electron chi connectivity index (χ2n) is 43.2. The normalized spacial score (nSPS) is 19.9. The number of hydrogen-bond acceptors (Lipinski definition) is 30. The van der Waals surface area contributed by atoms with Gasteiger partial charge < -0.3 is 33.7 Å². The van der Waals surface area contributed by atoms with Crippen molar-refractivity contribution in [1.82, 2.24) is 49.4 Å². The number of nitrogens with zero attached hydrogens (tertiary/aromatic N) is 9. The smallest absolute Gasteiger partial charge is 0.157 e. The second-order valence-corrected chi connectivity index (χ2v) is 48.1. The van der Waals surface area contributed by atoms with Gasteiger partial charge >= 0.3 is 0 Å². The first-order chi connectivity index (χ1) is 71.3. The lowest BCUT2D eigenvalue weighted by Crippen LogP contribution is -2.60. The van der Waals surface area contributed by atoms with Gasteiger partial charge in [0, 0.05) is 280 Å². The fraction of sp³-hybridized carbons (Fsp3) is 0.750. The molecule has 0 bridgehead atoms. The third-order valence-corrected chi connectivity index (χ3v) is 30.6. The lowest BCUT2D eigenvalue weighted by Gasteiger charge is -2.46. The van der Waals surface area contributed by atoms with Gasteiger partial charge in [0.05, 0.1) is 43.7 Å². The van der Waals surface area contributed by atoms with E-state index in [-0.39, 0.29) is 123 Å². The fourth-order valence-electron chi connectivity index (χ4n) is 15.6. The van der Waals surface area contributed by atoms with E-state index in [1.165, 1.54) is 75.5 Å². The fourth-order valence-corrected chi connectivity index (χ4v) is 18.6. The largest absolute Gasteiger partial charge is 0.384 e. The van der Waals surface area contributed by atoms with Crippen LogP contribution in [0.25, 0.3) is 0 Å². The van der Waals surface area contributed by atoms with Gasteiger partial charge in [0.25, 0.3) is 0 Å². The van der Waals surface area contributed by atoms with Crippen molar-refractivity contribution in [3.8, 4) is 0 Å². The van der Waals surface area contributed by atoms with E-state index < -0.39 is 0 Å². The Hall–Kier alpha value is -5.14. The van der Waals surface area contributed by atoms with Crippen LogP contribution >= 0.6 is 47.0 Å². The molecule has 0 aromatic rings. The maximum absolute atomic E-state index is 11.4. The van der Waals surface area contributed by atoms with Crippen LogP contribution in [0.15, 0.2) is 122 Å². The molecule has 9 fully saturated rings. The third kappa shape index (κ3) is 74.9. The molecule has 0 spiro atoms. The van der Waals surface area contributed by atoms with Crippen molar-refractivity contribution < 1.29 is 76.4 Å². The molecule has 2 unspecified atom stereocenters. The Balaban J connectivity index is 0.00000165. The minimum Gasteiger partial charge on any atom is -0.384 e. The van der Waals surface area contributed by atoms with E-state index in [9.17, 15) is 47.9 Å².